The molecule has 1 fully saturated rings. The van der Waals surface area contributed by atoms with Gasteiger partial charge < -0.3 is 10.2 Å². The lowest BCUT2D eigenvalue weighted by molar-refractivity contribution is 0.194. The van der Waals surface area contributed by atoms with Crippen molar-refractivity contribution in [3.63, 3.8) is 0 Å². The number of carbonyl (C=O) groups is 1. The van der Waals surface area contributed by atoms with E-state index >= 15 is 0 Å². The van der Waals surface area contributed by atoms with Gasteiger partial charge in [-0.15, -0.1) is 0 Å². The van der Waals surface area contributed by atoms with Crippen molar-refractivity contribution in [2.24, 2.45) is 0 Å². The third-order valence-corrected chi connectivity index (χ3v) is 3.78. The molecule has 3 nitrogen and oxygen atoms in total. The highest BCUT2D eigenvalue weighted by Crippen LogP contribution is 2.29. The molecule has 0 aromatic heterocycles. The Hall–Kier alpha value is -0.930. The van der Waals surface area contributed by atoms with E-state index in [2.05, 4.69) is 5.32 Å². The normalized spacial score (nSPS) is 16.2. The van der Waals surface area contributed by atoms with Gasteiger partial charge in [0.05, 0.1) is 6.04 Å². The van der Waals surface area contributed by atoms with E-state index in [1.807, 2.05) is 13.0 Å². The maximum atomic E-state index is 11.9. The first-order chi connectivity index (χ1) is 8.49. The summed E-state index contributed by atoms with van der Waals surface area (Å²) in [6.07, 6.45) is 2.16. The van der Waals surface area contributed by atoms with Crippen LogP contribution in [0, 0.1) is 0 Å². The molecule has 0 heterocycles. The molecule has 1 aliphatic rings. The fourth-order valence-electron chi connectivity index (χ4n) is 1.73. The Morgan fingerprint density at radius 1 is 1.44 bits per heavy atom. The molecule has 0 spiro atoms. The Morgan fingerprint density at radius 3 is 2.67 bits per heavy atom. The fraction of sp³-hybridized carbons (Fsp3) is 0.462. The van der Waals surface area contributed by atoms with Crippen LogP contribution >= 0.6 is 23.2 Å². The van der Waals surface area contributed by atoms with Crippen molar-refractivity contribution >= 4 is 29.2 Å². The number of amides is 2. The van der Waals surface area contributed by atoms with Crippen LogP contribution in [-0.4, -0.2) is 24.0 Å². The van der Waals surface area contributed by atoms with E-state index in [9.17, 15) is 4.79 Å². The van der Waals surface area contributed by atoms with Gasteiger partial charge in [0.1, 0.15) is 0 Å². The highest BCUT2D eigenvalue weighted by Gasteiger charge is 2.27. The summed E-state index contributed by atoms with van der Waals surface area (Å²) >= 11 is 12.0. The molecule has 1 aromatic carbocycles. The molecule has 0 aliphatic heterocycles. The van der Waals surface area contributed by atoms with Crippen molar-refractivity contribution in [2.75, 3.05) is 7.05 Å². The van der Waals surface area contributed by atoms with E-state index in [1.165, 1.54) is 0 Å². The standard InChI is InChI=1S/C13H16Cl2N2O/c1-8(11-6-3-9(14)7-12(11)15)17(2)13(18)16-10-4-5-10/h3,6-8,10H,4-5H2,1-2H3,(H,16,18)/t8-/m0/s1. The fourth-order valence-corrected chi connectivity index (χ4v) is 2.30. The highest BCUT2D eigenvalue weighted by molar-refractivity contribution is 6.35. The Morgan fingerprint density at radius 2 is 2.11 bits per heavy atom. The number of rotatable bonds is 3. The molecular formula is C13H16Cl2N2O. The number of nitrogens with zero attached hydrogens (tertiary/aromatic N) is 1. The molecule has 0 saturated heterocycles. The minimum atomic E-state index is -0.0893. The van der Waals surface area contributed by atoms with Crippen molar-refractivity contribution in [3.8, 4) is 0 Å². The van der Waals surface area contributed by atoms with Gasteiger partial charge in [-0.3, -0.25) is 0 Å². The Kier molecular flexibility index (Phi) is 4.03. The number of hydrogen-bond acceptors (Lipinski definition) is 1. The third-order valence-electron chi connectivity index (χ3n) is 3.22. The van der Waals surface area contributed by atoms with E-state index in [0.29, 0.717) is 16.1 Å². The number of halogens is 2. The minimum absolute atomic E-state index is 0.0592. The molecule has 1 saturated carbocycles. The van der Waals surface area contributed by atoms with Crippen molar-refractivity contribution in [3.05, 3.63) is 33.8 Å². The number of urea groups is 1. The molecule has 2 amide bonds. The molecule has 1 aromatic rings. The number of benzene rings is 1. The molecule has 0 radical (unpaired) electrons. The number of carbonyl (C=O) groups excluding carboxylic acids is 1. The summed E-state index contributed by atoms with van der Waals surface area (Å²) in [5, 5.41) is 4.14. The Balaban J connectivity index is 2.08. The SMILES string of the molecule is C[C@@H](c1ccc(Cl)cc1Cl)N(C)C(=O)NC1CC1. The van der Waals surface area contributed by atoms with Crippen molar-refractivity contribution in [1.29, 1.82) is 0 Å². The second-order valence-electron chi connectivity index (χ2n) is 4.68. The van der Waals surface area contributed by atoms with E-state index in [1.54, 1.807) is 24.1 Å². The summed E-state index contributed by atoms with van der Waals surface area (Å²) in [5.74, 6) is 0. The average molecular weight is 287 g/mol. The van der Waals surface area contributed by atoms with Crippen LogP contribution in [0.15, 0.2) is 18.2 Å². The van der Waals surface area contributed by atoms with Crippen molar-refractivity contribution in [2.45, 2.75) is 31.8 Å². The topological polar surface area (TPSA) is 32.3 Å². The van der Waals surface area contributed by atoms with E-state index in [-0.39, 0.29) is 12.1 Å². The molecule has 5 heteroatoms. The zero-order chi connectivity index (χ0) is 13.3. The first kappa shape index (κ1) is 13.5. The van der Waals surface area contributed by atoms with Crippen LogP contribution in [0.1, 0.15) is 31.4 Å². The third kappa shape index (κ3) is 3.09. The molecule has 0 unspecified atom stereocenters. The second-order valence-corrected chi connectivity index (χ2v) is 5.52. The smallest absolute Gasteiger partial charge is 0.317 e. The average Bonchev–Trinajstić information content (AvgIpc) is 3.11. The van der Waals surface area contributed by atoms with Gasteiger partial charge in [0, 0.05) is 23.1 Å². The lowest BCUT2D eigenvalue weighted by Crippen LogP contribution is -2.39. The summed E-state index contributed by atoms with van der Waals surface area (Å²) in [4.78, 5) is 13.6. The van der Waals surface area contributed by atoms with Gasteiger partial charge in [-0.05, 0) is 37.5 Å². The maximum absolute atomic E-state index is 11.9. The van der Waals surface area contributed by atoms with Crippen LogP contribution in [0.25, 0.3) is 0 Å². The number of hydrogen-bond donors (Lipinski definition) is 1. The van der Waals surface area contributed by atoms with Gasteiger partial charge in [0.15, 0.2) is 0 Å². The molecule has 98 valence electrons. The molecule has 18 heavy (non-hydrogen) atoms. The van der Waals surface area contributed by atoms with Gasteiger partial charge in [0.25, 0.3) is 0 Å². The van der Waals surface area contributed by atoms with Crippen molar-refractivity contribution < 1.29 is 4.79 Å². The van der Waals surface area contributed by atoms with E-state index < -0.39 is 0 Å². The monoisotopic (exact) mass is 286 g/mol. The van der Waals surface area contributed by atoms with Crippen LogP contribution in [0.4, 0.5) is 4.79 Å². The van der Waals surface area contributed by atoms with Gasteiger partial charge in [-0.1, -0.05) is 29.3 Å². The molecule has 1 aliphatic carbocycles. The van der Waals surface area contributed by atoms with E-state index in [4.69, 9.17) is 23.2 Å². The van der Waals surface area contributed by atoms with Gasteiger partial charge in [0.2, 0.25) is 0 Å². The van der Waals surface area contributed by atoms with Gasteiger partial charge in [-0.25, -0.2) is 4.79 Å². The Labute approximate surface area is 117 Å². The molecule has 0 bridgehead atoms. The lowest BCUT2D eigenvalue weighted by atomic mass is 10.1. The first-order valence-corrected chi connectivity index (χ1v) is 6.73. The lowest BCUT2D eigenvalue weighted by Gasteiger charge is -2.26. The molecule has 2 rings (SSSR count). The maximum Gasteiger partial charge on any atom is 0.317 e. The van der Waals surface area contributed by atoms with Crippen LogP contribution in [0.5, 0.6) is 0 Å². The summed E-state index contributed by atoms with van der Waals surface area (Å²) < 4.78 is 0. The number of nitrogens with one attached hydrogen (secondary N) is 1. The van der Waals surface area contributed by atoms with Crippen LogP contribution in [-0.2, 0) is 0 Å². The minimum Gasteiger partial charge on any atom is -0.335 e. The predicted octanol–water partition coefficient (Wildman–Crippen LogP) is 3.86. The van der Waals surface area contributed by atoms with Crippen molar-refractivity contribution in [1.82, 2.24) is 10.2 Å². The summed E-state index contributed by atoms with van der Waals surface area (Å²) in [6, 6.07) is 5.54. The molecular weight excluding hydrogens is 271 g/mol. The predicted molar refractivity (Wildman–Crippen MR) is 74.2 cm³/mol. The zero-order valence-corrected chi connectivity index (χ0v) is 11.9. The van der Waals surface area contributed by atoms with Crippen LogP contribution in [0.3, 0.4) is 0 Å². The largest absolute Gasteiger partial charge is 0.335 e. The quantitative estimate of drug-likeness (QED) is 0.899. The highest BCUT2D eigenvalue weighted by atomic mass is 35.5. The zero-order valence-electron chi connectivity index (χ0n) is 10.4. The summed E-state index contributed by atoms with van der Waals surface area (Å²) in [6.45, 7) is 1.95. The second kappa shape index (κ2) is 5.37. The molecule has 1 atom stereocenters. The molecule has 1 N–H and O–H groups in total. The summed E-state index contributed by atoms with van der Waals surface area (Å²) in [7, 11) is 1.77. The van der Waals surface area contributed by atoms with Crippen LogP contribution in [0.2, 0.25) is 10.0 Å². The first-order valence-electron chi connectivity index (χ1n) is 5.97. The Bertz CT molecular complexity index is 460. The van der Waals surface area contributed by atoms with Gasteiger partial charge >= 0.3 is 6.03 Å². The van der Waals surface area contributed by atoms with Crippen LogP contribution < -0.4 is 5.32 Å². The van der Waals surface area contributed by atoms with E-state index in [0.717, 1.165) is 18.4 Å². The summed E-state index contributed by atoms with van der Waals surface area (Å²) in [5.41, 5.74) is 0.898. The van der Waals surface area contributed by atoms with Gasteiger partial charge in [-0.2, -0.15) is 0 Å².